The van der Waals surface area contributed by atoms with Crippen LogP contribution in [0.25, 0.3) is 10.8 Å². The van der Waals surface area contributed by atoms with Gasteiger partial charge in [0.15, 0.2) is 5.82 Å². The van der Waals surface area contributed by atoms with Crippen molar-refractivity contribution in [1.29, 1.82) is 0 Å². The summed E-state index contributed by atoms with van der Waals surface area (Å²) in [5.41, 5.74) is 0. The molecule has 0 atom stereocenters. The lowest BCUT2D eigenvalue weighted by atomic mass is 10.2. The Bertz CT molecular complexity index is 495. The molecule has 0 amide bonds. The number of piperazine rings is 1. The van der Waals surface area contributed by atoms with Crippen LogP contribution in [0.15, 0.2) is 30.5 Å². The summed E-state index contributed by atoms with van der Waals surface area (Å²) in [6.07, 6.45) is 1.82. The Morgan fingerprint density at radius 2 is 1.78 bits per heavy atom. The highest BCUT2D eigenvalue weighted by molar-refractivity contribution is 5.91. The first-order valence-corrected chi connectivity index (χ1v) is 5.61. The van der Waals surface area contributed by atoms with E-state index in [4.69, 9.17) is 0 Å². The Morgan fingerprint density at radius 1 is 1.06 bits per heavy atom. The lowest BCUT2D eigenvalue weighted by molar-refractivity contribution is 0.584. The van der Waals surface area contributed by atoms with Crippen molar-refractivity contribution in [2.45, 2.75) is 0 Å². The second kappa shape index (κ2) is 6.73. The highest BCUT2D eigenvalue weighted by atomic mass is 35.5. The molecule has 4 nitrogen and oxygen atoms in total. The molecule has 1 aromatic heterocycles. The van der Waals surface area contributed by atoms with Crippen LogP contribution in [0.4, 0.5) is 5.82 Å². The Morgan fingerprint density at radius 3 is 2.56 bits per heavy atom. The standard InChI is InChI=1S/C12H14N4.2ClH/c1-2-4-11-10(3-1)9-14-15-12(11)16-7-5-13-6-8-16;;/h1-4,9,13H,5-8H2;2*1H. The summed E-state index contributed by atoms with van der Waals surface area (Å²) in [6.45, 7) is 4.04. The zero-order valence-electron chi connectivity index (χ0n) is 9.87. The molecule has 0 bridgehead atoms. The van der Waals surface area contributed by atoms with Crippen molar-refractivity contribution in [3.05, 3.63) is 30.5 Å². The van der Waals surface area contributed by atoms with Crippen molar-refractivity contribution in [3.63, 3.8) is 0 Å². The van der Waals surface area contributed by atoms with Gasteiger partial charge in [-0.2, -0.15) is 5.10 Å². The summed E-state index contributed by atoms with van der Waals surface area (Å²) in [5, 5.41) is 14.0. The van der Waals surface area contributed by atoms with Gasteiger partial charge in [-0.25, -0.2) is 0 Å². The molecule has 0 unspecified atom stereocenters. The quantitative estimate of drug-likeness (QED) is 0.869. The molecule has 0 spiro atoms. The highest BCUT2D eigenvalue weighted by Gasteiger charge is 2.14. The number of benzene rings is 1. The summed E-state index contributed by atoms with van der Waals surface area (Å²) >= 11 is 0. The van der Waals surface area contributed by atoms with E-state index in [-0.39, 0.29) is 24.8 Å². The molecule has 0 aliphatic carbocycles. The van der Waals surface area contributed by atoms with E-state index in [0.29, 0.717) is 0 Å². The number of halogens is 2. The maximum atomic E-state index is 4.28. The molecule has 0 radical (unpaired) electrons. The van der Waals surface area contributed by atoms with Crippen LogP contribution in [-0.4, -0.2) is 36.4 Å². The number of aromatic nitrogens is 2. The number of nitrogens with zero attached hydrogens (tertiary/aromatic N) is 3. The summed E-state index contributed by atoms with van der Waals surface area (Å²) in [5.74, 6) is 1.01. The van der Waals surface area contributed by atoms with Crippen LogP contribution in [0.3, 0.4) is 0 Å². The van der Waals surface area contributed by atoms with Gasteiger partial charge < -0.3 is 10.2 Å². The average molecular weight is 287 g/mol. The summed E-state index contributed by atoms with van der Waals surface area (Å²) in [7, 11) is 0. The third kappa shape index (κ3) is 2.83. The average Bonchev–Trinajstić information content (AvgIpc) is 2.39. The number of nitrogens with one attached hydrogen (secondary N) is 1. The molecule has 1 saturated heterocycles. The molecule has 2 heterocycles. The van der Waals surface area contributed by atoms with E-state index in [9.17, 15) is 0 Å². The van der Waals surface area contributed by atoms with Crippen LogP contribution in [0, 0.1) is 0 Å². The van der Waals surface area contributed by atoms with E-state index < -0.39 is 0 Å². The molecule has 1 aliphatic heterocycles. The number of hydrogen-bond donors (Lipinski definition) is 1. The van der Waals surface area contributed by atoms with Gasteiger partial charge in [-0.05, 0) is 0 Å². The molecule has 98 valence electrons. The van der Waals surface area contributed by atoms with Gasteiger partial charge in [0.2, 0.25) is 0 Å². The number of fused-ring (bicyclic) bond motifs is 1. The second-order valence-corrected chi connectivity index (χ2v) is 3.99. The second-order valence-electron chi connectivity index (χ2n) is 3.99. The molecule has 2 aromatic rings. The number of hydrogen-bond acceptors (Lipinski definition) is 4. The Labute approximate surface area is 119 Å². The zero-order valence-corrected chi connectivity index (χ0v) is 11.5. The number of rotatable bonds is 1. The molecule has 1 aromatic carbocycles. The van der Waals surface area contributed by atoms with Gasteiger partial charge >= 0.3 is 0 Å². The van der Waals surface area contributed by atoms with Crippen LogP contribution in [-0.2, 0) is 0 Å². The third-order valence-corrected chi connectivity index (χ3v) is 2.97. The van der Waals surface area contributed by atoms with E-state index in [1.807, 2.05) is 12.3 Å². The van der Waals surface area contributed by atoms with Crippen molar-refractivity contribution >= 4 is 41.4 Å². The zero-order chi connectivity index (χ0) is 10.8. The van der Waals surface area contributed by atoms with Gasteiger partial charge in [0, 0.05) is 37.0 Å². The maximum Gasteiger partial charge on any atom is 0.159 e. The van der Waals surface area contributed by atoms with Gasteiger partial charge in [-0.1, -0.05) is 24.3 Å². The van der Waals surface area contributed by atoms with Crippen LogP contribution < -0.4 is 10.2 Å². The van der Waals surface area contributed by atoms with Gasteiger partial charge in [0.25, 0.3) is 0 Å². The van der Waals surface area contributed by atoms with Crippen LogP contribution in [0.1, 0.15) is 0 Å². The van der Waals surface area contributed by atoms with E-state index >= 15 is 0 Å². The fraction of sp³-hybridized carbons (Fsp3) is 0.333. The molecule has 1 aliphatic rings. The van der Waals surface area contributed by atoms with Crippen molar-refractivity contribution < 1.29 is 0 Å². The molecule has 6 heteroatoms. The van der Waals surface area contributed by atoms with Crippen molar-refractivity contribution in [1.82, 2.24) is 15.5 Å². The van der Waals surface area contributed by atoms with Crippen molar-refractivity contribution in [2.24, 2.45) is 0 Å². The van der Waals surface area contributed by atoms with E-state index in [0.717, 1.165) is 37.4 Å². The predicted molar refractivity (Wildman–Crippen MR) is 79.1 cm³/mol. The van der Waals surface area contributed by atoms with Crippen LogP contribution in [0.5, 0.6) is 0 Å². The van der Waals surface area contributed by atoms with E-state index in [1.54, 1.807) is 0 Å². The smallest absolute Gasteiger partial charge is 0.159 e. The summed E-state index contributed by atoms with van der Waals surface area (Å²) < 4.78 is 0. The van der Waals surface area contributed by atoms with Gasteiger partial charge in [-0.3, -0.25) is 0 Å². The third-order valence-electron chi connectivity index (χ3n) is 2.97. The molecule has 18 heavy (non-hydrogen) atoms. The summed E-state index contributed by atoms with van der Waals surface area (Å²) in [4.78, 5) is 2.30. The normalized spacial score (nSPS) is 14.8. The Kier molecular flexibility index (Phi) is 5.59. The van der Waals surface area contributed by atoms with Gasteiger partial charge in [-0.15, -0.1) is 29.9 Å². The van der Waals surface area contributed by atoms with Crippen LogP contribution in [0.2, 0.25) is 0 Å². The maximum absolute atomic E-state index is 4.28. The van der Waals surface area contributed by atoms with Gasteiger partial charge in [0.05, 0.1) is 6.20 Å². The van der Waals surface area contributed by atoms with E-state index in [2.05, 4.69) is 38.6 Å². The minimum atomic E-state index is 0. The molecule has 3 rings (SSSR count). The highest BCUT2D eigenvalue weighted by Crippen LogP contribution is 2.22. The molecule has 1 fully saturated rings. The molecule has 0 saturated carbocycles. The fourth-order valence-electron chi connectivity index (χ4n) is 2.12. The molecular weight excluding hydrogens is 271 g/mol. The lowest BCUT2D eigenvalue weighted by Gasteiger charge is -2.28. The van der Waals surface area contributed by atoms with Gasteiger partial charge in [0.1, 0.15) is 0 Å². The van der Waals surface area contributed by atoms with E-state index in [1.165, 1.54) is 5.39 Å². The molecule has 1 N–H and O–H groups in total. The van der Waals surface area contributed by atoms with Crippen LogP contribution >= 0.6 is 24.8 Å². The Balaban J connectivity index is 0.000000810. The minimum absolute atomic E-state index is 0. The first-order valence-electron chi connectivity index (χ1n) is 5.61. The predicted octanol–water partition coefficient (Wildman–Crippen LogP) is 1.88. The topological polar surface area (TPSA) is 41.0 Å². The molecular formula is C12H16Cl2N4. The summed E-state index contributed by atoms with van der Waals surface area (Å²) in [6, 6.07) is 8.28. The first-order chi connectivity index (χ1) is 7.95. The van der Waals surface area contributed by atoms with Crippen molar-refractivity contribution in [3.8, 4) is 0 Å². The fourth-order valence-corrected chi connectivity index (χ4v) is 2.12. The lowest BCUT2D eigenvalue weighted by Crippen LogP contribution is -2.44. The Hall–Kier alpha value is -1.10. The largest absolute Gasteiger partial charge is 0.352 e. The minimum Gasteiger partial charge on any atom is -0.352 e. The van der Waals surface area contributed by atoms with Crippen molar-refractivity contribution in [2.75, 3.05) is 31.1 Å². The SMILES string of the molecule is Cl.Cl.c1ccc2c(N3CCNCC3)nncc2c1. The number of anilines is 1. The first kappa shape index (κ1) is 15.0. The monoisotopic (exact) mass is 286 g/mol.